The van der Waals surface area contributed by atoms with E-state index in [2.05, 4.69) is 46.1 Å². The van der Waals surface area contributed by atoms with Gasteiger partial charge >= 0.3 is 0 Å². The molecule has 0 spiro atoms. The summed E-state index contributed by atoms with van der Waals surface area (Å²) in [7, 11) is 3.97. The molecule has 0 atom stereocenters. The van der Waals surface area contributed by atoms with Crippen LogP contribution in [0.5, 0.6) is 0 Å². The van der Waals surface area contributed by atoms with Crippen molar-refractivity contribution in [3.63, 3.8) is 0 Å². The smallest absolute Gasteiger partial charge is 0.223 e. The van der Waals surface area contributed by atoms with Crippen molar-refractivity contribution in [2.45, 2.75) is 26.7 Å². The Labute approximate surface area is 161 Å². The average Bonchev–Trinajstić information content (AvgIpc) is 2.66. The number of rotatable bonds is 5. The molecule has 1 aromatic heterocycles. The minimum Gasteiger partial charge on any atom is -0.363 e. The van der Waals surface area contributed by atoms with Crippen LogP contribution in [0.1, 0.15) is 23.4 Å². The minimum atomic E-state index is 0.240. The Bertz CT molecular complexity index is 797. The molecule has 0 unspecified atom stereocenters. The minimum absolute atomic E-state index is 0.240. The van der Waals surface area contributed by atoms with Crippen molar-refractivity contribution < 1.29 is 4.79 Å². The fraction of sp³-hybridized carbons (Fsp3) is 0.476. The summed E-state index contributed by atoms with van der Waals surface area (Å²) >= 11 is 0. The van der Waals surface area contributed by atoms with Gasteiger partial charge in [-0.3, -0.25) is 4.79 Å². The standard InChI is InChI=1S/C21H29N5O/c1-16-6-5-7-18(14-16)8-9-21(27)26-12-10-25(11-13-26)20-15-19(24(3)4)22-17(2)23-20/h5-7,14-15H,8-13H2,1-4H3. The van der Waals surface area contributed by atoms with E-state index < -0.39 is 0 Å². The molecule has 2 aromatic rings. The number of aryl methyl sites for hydroxylation is 3. The van der Waals surface area contributed by atoms with Crippen LogP contribution in [0, 0.1) is 13.8 Å². The van der Waals surface area contributed by atoms with Crippen LogP contribution in [0.2, 0.25) is 0 Å². The Morgan fingerprint density at radius 3 is 2.48 bits per heavy atom. The van der Waals surface area contributed by atoms with Crippen molar-refractivity contribution in [2.75, 3.05) is 50.1 Å². The van der Waals surface area contributed by atoms with Crippen LogP contribution in [-0.4, -0.2) is 61.0 Å². The Hall–Kier alpha value is -2.63. The van der Waals surface area contributed by atoms with Gasteiger partial charge in [0.05, 0.1) is 0 Å². The molecule has 0 saturated carbocycles. The van der Waals surface area contributed by atoms with Crippen LogP contribution < -0.4 is 9.80 Å². The van der Waals surface area contributed by atoms with Crippen LogP contribution in [0.15, 0.2) is 30.3 Å². The molecule has 6 heteroatoms. The average molecular weight is 367 g/mol. The maximum absolute atomic E-state index is 12.6. The molecule has 1 aromatic carbocycles. The van der Waals surface area contributed by atoms with E-state index in [-0.39, 0.29) is 5.91 Å². The Morgan fingerprint density at radius 1 is 1.07 bits per heavy atom. The van der Waals surface area contributed by atoms with Crippen LogP contribution in [0.4, 0.5) is 11.6 Å². The van der Waals surface area contributed by atoms with Crippen molar-refractivity contribution in [3.05, 3.63) is 47.3 Å². The largest absolute Gasteiger partial charge is 0.363 e. The van der Waals surface area contributed by atoms with Crippen LogP contribution in [-0.2, 0) is 11.2 Å². The maximum Gasteiger partial charge on any atom is 0.223 e. The predicted octanol–water partition coefficient (Wildman–Crippen LogP) is 2.44. The Balaban J connectivity index is 1.55. The van der Waals surface area contributed by atoms with E-state index in [1.165, 1.54) is 11.1 Å². The van der Waals surface area contributed by atoms with Crippen molar-refractivity contribution in [1.29, 1.82) is 0 Å². The number of amides is 1. The summed E-state index contributed by atoms with van der Waals surface area (Å²) in [5.41, 5.74) is 2.47. The first-order valence-electron chi connectivity index (χ1n) is 9.53. The molecule has 1 aliphatic heterocycles. The predicted molar refractivity (Wildman–Crippen MR) is 109 cm³/mol. The monoisotopic (exact) mass is 367 g/mol. The molecule has 144 valence electrons. The zero-order valence-corrected chi connectivity index (χ0v) is 16.8. The highest BCUT2D eigenvalue weighted by Gasteiger charge is 2.22. The molecule has 27 heavy (non-hydrogen) atoms. The lowest BCUT2D eigenvalue weighted by atomic mass is 10.1. The van der Waals surface area contributed by atoms with Crippen molar-refractivity contribution in [2.24, 2.45) is 0 Å². The van der Waals surface area contributed by atoms with E-state index in [1.807, 2.05) is 36.9 Å². The first kappa shape index (κ1) is 19.1. The van der Waals surface area contributed by atoms with Crippen LogP contribution in [0.3, 0.4) is 0 Å². The number of benzene rings is 1. The van der Waals surface area contributed by atoms with Gasteiger partial charge in [-0.2, -0.15) is 0 Å². The molecule has 0 N–H and O–H groups in total. The topological polar surface area (TPSA) is 52.6 Å². The first-order chi connectivity index (χ1) is 12.9. The Morgan fingerprint density at radius 2 is 1.81 bits per heavy atom. The second-order valence-electron chi connectivity index (χ2n) is 7.38. The normalized spacial score (nSPS) is 14.4. The molecule has 1 fully saturated rings. The van der Waals surface area contributed by atoms with Gasteiger partial charge in [-0.15, -0.1) is 0 Å². The van der Waals surface area contributed by atoms with Crippen LogP contribution >= 0.6 is 0 Å². The third-order valence-electron chi connectivity index (χ3n) is 4.94. The van der Waals surface area contributed by atoms with E-state index in [0.29, 0.717) is 6.42 Å². The number of anilines is 2. The van der Waals surface area contributed by atoms with E-state index in [4.69, 9.17) is 0 Å². The second kappa shape index (κ2) is 8.37. The van der Waals surface area contributed by atoms with Gasteiger partial charge in [0.1, 0.15) is 17.5 Å². The third kappa shape index (κ3) is 4.96. The first-order valence-corrected chi connectivity index (χ1v) is 9.53. The van der Waals surface area contributed by atoms with Gasteiger partial charge in [0.15, 0.2) is 0 Å². The summed E-state index contributed by atoms with van der Waals surface area (Å²) in [5.74, 6) is 2.86. The molecule has 0 aliphatic carbocycles. The highest BCUT2D eigenvalue weighted by atomic mass is 16.2. The van der Waals surface area contributed by atoms with Gasteiger partial charge in [0.2, 0.25) is 5.91 Å². The number of nitrogens with zero attached hydrogens (tertiary/aromatic N) is 5. The van der Waals surface area contributed by atoms with Gasteiger partial charge in [0.25, 0.3) is 0 Å². The highest BCUT2D eigenvalue weighted by molar-refractivity contribution is 5.76. The number of hydrogen-bond donors (Lipinski definition) is 0. The zero-order valence-electron chi connectivity index (χ0n) is 16.8. The van der Waals surface area contributed by atoms with Gasteiger partial charge in [-0.05, 0) is 25.8 Å². The maximum atomic E-state index is 12.6. The molecule has 0 radical (unpaired) electrons. The quantitative estimate of drug-likeness (QED) is 0.812. The van der Waals surface area contributed by atoms with E-state index in [1.54, 1.807) is 0 Å². The van der Waals surface area contributed by atoms with Crippen molar-refractivity contribution >= 4 is 17.5 Å². The second-order valence-corrected chi connectivity index (χ2v) is 7.38. The molecule has 1 aliphatic rings. The fourth-order valence-corrected chi connectivity index (χ4v) is 3.39. The molecule has 6 nitrogen and oxygen atoms in total. The van der Waals surface area contributed by atoms with Gasteiger partial charge in [-0.25, -0.2) is 9.97 Å². The number of aromatic nitrogens is 2. The molecule has 3 rings (SSSR count). The summed E-state index contributed by atoms with van der Waals surface area (Å²) in [6, 6.07) is 10.4. The summed E-state index contributed by atoms with van der Waals surface area (Å²) in [6.07, 6.45) is 1.37. The highest BCUT2D eigenvalue weighted by Crippen LogP contribution is 2.19. The van der Waals surface area contributed by atoms with Crippen molar-refractivity contribution in [1.82, 2.24) is 14.9 Å². The molecule has 2 heterocycles. The van der Waals surface area contributed by atoms with Gasteiger partial charge in [-0.1, -0.05) is 29.8 Å². The molecular formula is C21H29N5O. The summed E-state index contributed by atoms with van der Waals surface area (Å²) < 4.78 is 0. The van der Waals surface area contributed by atoms with Gasteiger partial charge < -0.3 is 14.7 Å². The SMILES string of the molecule is Cc1cccc(CCC(=O)N2CCN(c3cc(N(C)C)nc(C)n3)CC2)c1. The fourth-order valence-electron chi connectivity index (χ4n) is 3.39. The Kier molecular flexibility index (Phi) is 5.94. The number of carbonyl (C=O) groups excluding carboxylic acids is 1. The summed E-state index contributed by atoms with van der Waals surface area (Å²) in [4.78, 5) is 27.8. The summed E-state index contributed by atoms with van der Waals surface area (Å²) in [5, 5.41) is 0. The van der Waals surface area contributed by atoms with Crippen molar-refractivity contribution in [3.8, 4) is 0 Å². The van der Waals surface area contributed by atoms with Gasteiger partial charge in [0, 0.05) is 52.8 Å². The number of piperazine rings is 1. The van der Waals surface area contributed by atoms with E-state index in [9.17, 15) is 4.79 Å². The number of carbonyl (C=O) groups is 1. The lowest BCUT2D eigenvalue weighted by Crippen LogP contribution is -2.49. The lowest BCUT2D eigenvalue weighted by molar-refractivity contribution is -0.131. The molecule has 0 bridgehead atoms. The molecule has 1 saturated heterocycles. The van der Waals surface area contributed by atoms with E-state index in [0.717, 1.165) is 50.1 Å². The zero-order chi connectivity index (χ0) is 19.4. The summed E-state index contributed by atoms with van der Waals surface area (Å²) in [6.45, 7) is 7.10. The van der Waals surface area contributed by atoms with Crippen LogP contribution in [0.25, 0.3) is 0 Å². The molecule has 1 amide bonds. The molecular weight excluding hydrogens is 338 g/mol. The van der Waals surface area contributed by atoms with E-state index >= 15 is 0 Å². The lowest BCUT2D eigenvalue weighted by Gasteiger charge is -2.35. The number of hydrogen-bond acceptors (Lipinski definition) is 5. The third-order valence-corrected chi connectivity index (χ3v) is 4.94.